The molecule has 0 atom stereocenters. The minimum Gasteiger partial charge on any atom is -0.496 e. The van der Waals surface area contributed by atoms with Crippen LogP contribution in [0.25, 0.3) is 0 Å². The van der Waals surface area contributed by atoms with E-state index in [0.29, 0.717) is 32.9 Å². The van der Waals surface area contributed by atoms with Crippen LogP contribution in [0, 0.1) is 0 Å². The highest BCUT2D eigenvalue weighted by Gasteiger charge is 2.10. The van der Waals surface area contributed by atoms with Crippen molar-refractivity contribution in [3.8, 4) is 5.75 Å². The molecule has 2 aromatic rings. The standard InChI is InChI=1S/C23H33N3O3.HI/c1-5-28-13-14-29-18-20-10-8-9-19(15-20)16-25-23(24-2)26(3)17-21-11-6-7-12-22(21)27-4;/h6-12,15H,5,13-14,16-18H2,1-4H3,(H,24,25);1H. The van der Waals surface area contributed by atoms with Crippen LogP contribution in [-0.4, -0.2) is 51.9 Å². The molecule has 0 saturated carbocycles. The Morgan fingerprint density at radius 1 is 1.03 bits per heavy atom. The Bertz CT molecular complexity index is 771. The second-order valence-corrected chi connectivity index (χ2v) is 6.64. The second-order valence-electron chi connectivity index (χ2n) is 6.64. The van der Waals surface area contributed by atoms with Crippen LogP contribution in [0.4, 0.5) is 0 Å². The molecule has 7 heteroatoms. The predicted molar refractivity (Wildman–Crippen MR) is 133 cm³/mol. The van der Waals surface area contributed by atoms with E-state index in [9.17, 15) is 0 Å². The van der Waals surface area contributed by atoms with Crippen molar-refractivity contribution in [1.29, 1.82) is 0 Å². The summed E-state index contributed by atoms with van der Waals surface area (Å²) in [5.41, 5.74) is 3.45. The molecule has 0 aliphatic heterocycles. The van der Waals surface area contributed by atoms with Crippen molar-refractivity contribution >= 4 is 29.9 Å². The quantitative estimate of drug-likeness (QED) is 0.207. The third kappa shape index (κ3) is 8.89. The maximum absolute atomic E-state index is 5.66. The van der Waals surface area contributed by atoms with Gasteiger partial charge in [-0.3, -0.25) is 4.99 Å². The van der Waals surface area contributed by atoms with E-state index in [2.05, 4.69) is 45.5 Å². The van der Waals surface area contributed by atoms with Crippen LogP contribution in [0.15, 0.2) is 53.5 Å². The summed E-state index contributed by atoms with van der Waals surface area (Å²) in [5, 5.41) is 3.43. The zero-order valence-electron chi connectivity index (χ0n) is 18.4. The summed E-state index contributed by atoms with van der Waals surface area (Å²) in [7, 11) is 5.51. The first-order valence-corrected chi connectivity index (χ1v) is 9.94. The number of hydrogen-bond acceptors (Lipinski definition) is 4. The van der Waals surface area contributed by atoms with Gasteiger partial charge in [0.2, 0.25) is 0 Å². The number of nitrogens with zero attached hydrogens (tertiary/aromatic N) is 2. The van der Waals surface area contributed by atoms with Crippen LogP contribution in [0.2, 0.25) is 0 Å². The maximum atomic E-state index is 5.66. The largest absolute Gasteiger partial charge is 0.496 e. The van der Waals surface area contributed by atoms with Crippen molar-refractivity contribution in [3.63, 3.8) is 0 Å². The van der Waals surface area contributed by atoms with Crippen LogP contribution in [0.1, 0.15) is 23.6 Å². The minimum atomic E-state index is 0. The molecule has 166 valence electrons. The van der Waals surface area contributed by atoms with Gasteiger partial charge in [-0.1, -0.05) is 42.5 Å². The fourth-order valence-electron chi connectivity index (χ4n) is 3.01. The number of aliphatic imine (C=N–C) groups is 1. The van der Waals surface area contributed by atoms with Gasteiger partial charge in [-0.2, -0.15) is 0 Å². The lowest BCUT2D eigenvalue weighted by Crippen LogP contribution is -2.38. The number of para-hydroxylation sites is 1. The van der Waals surface area contributed by atoms with E-state index < -0.39 is 0 Å². The monoisotopic (exact) mass is 527 g/mol. The topological polar surface area (TPSA) is 55.3 Å². The lowest BCUT2D eigenvalue weighted by molar-refractivity contribution is 0.0453. The summed E-state index contributed by atoms with van der Waals surface area (Å²) >= 11 is 0. The van der Waals surface area contributed by atoms with Crippen LogP contribution < -0.4 is 10.1 Å². The number of nitrogens with one attached hydrogen (secondary N) is 1. The Morgan fingerprint density at radius 3 is 2.50 bits per heavy atom. The summed E-state index contributed by atoms with van der Waals surface area (Å²) in [6.45, 7) is 5.93. The zero-order chi connectivity index (χ0) is 20.9. The molecule has 2 rings (SSSR count). The third-order valence-electron chi connectivity index (χ3n) is 4.46. The van der Waals surface area contributed by atoms with Crippen LogP contribution in [0.5, 0.6) is 5.75 Å². The van der Waals surface area contributed by atoms with Crippen molar-refractivity contribution in [2.24, 2.45) is 4.99 Å². The first-order chi connectivity index (χ1) is 14.2. The molecular weight excluding hydrogens is 493 g/mol. The van der Waals surface area contributed by atoms with Crippen molar-refractivity contribution < 1.29 is 14.2 Å². The normalized spacial score (nSPS) is 11.0. The molecule has 6 nitrogen and oxygen atoms in total. The lowest BCUT2D eigenvalue weighted by atomic mass is 10.1. The molecule has 2 aromatic carbocycles. The fourth-order valence-corrected chi connectivity index (χ4v) is 3.01. The number of rotatable bonds is 11. The SMILES string of the molecule is CCOCCOCc1cccc(CNC(=NC)N(C)Cc2ccccc2OC)c1.I. The Labute approximate surface area is 197 Å². The highest BCUT2D eigenvalue weighted by molar-refractivity contribution is 14.0. The van der Waals surface area contributed by atoms with Crippen LogP contribution >= 0.6 is 24.0 Å². The van der Waals surface area contributed by atoms with E-state index in [1.807, 2.05) is 32.2 Å². The van der Waals surface area contributed by atoms with E-state index in [1.165, 1.54) is 5.56 Å². The third-order valence-corrected chi connectivity index (χ3v) is 4.46. The molecule has 0 aromatic heterocycles. The summed E-state index contributed by atoms with van der Waals surface area (Å²) in [4.78, 5) is 6.49. The van der Waals surface area contributed by atoms with Crippen molar-refractivity contribution in [2.45, 2.75) is 26.6 Å². The van der Waals surface area contributed by atoms with Gasteiger partial charge >= 0.3 is 0 Å². The number of ether oxygens (including phenoxy) is 3. The summed E-state index contributed by atoms with van der Waals surface area (Å²) in [6.07, 6.45) is 0. The van der Waals surface area contributed by atoms with Crippen molar-refractivity contribution in [2.75, 3.05) is 41.0 Å². The highest BCUT2D eigenvalue weighted by atomic mass is 127. The molecule has 0 aliphatic carbocycles. The van der Waals surface area contributed by atoms with Crippen LogP contribution in [0.3, 0.4) is 0 Å². The predicted octanol–water partition coefficient (Wildman–Crippen LogP) is 4.07. The van der Waals surface area contributed by atoms with Gasteiger partial charge in [-0.15, -0.1) is 24.0 Å². The first kappa shape index (κ1) is 26.2. The molecule has 1 N–H and O–H groups in total. The summed E-state index contributed by atoms with van der Waals surface area (Å²) in [6, 6.07) is 16.4. The minimum absolute atomic E-state index is 0. The van der Waals surface area contributed by atoms with Crippen molar-refractivity contribution in [3.05, 3.63) is 65.2 Å². The van der Waals surface area contributed by atoms with E-state index in [0.717, 1.165) is 29.4 Å². The Kier molecular flexibility index (Phi) is 13.1. The van der Waals surface area contributed by atoms with E-state index in [1.54, 1.807) is 14.2 Å². The van der Waals surface area contributed by atoms with E-state index in [4.69, 9.17) is 14.2 Å². The average Bonchev–Trinajstić information content (AvgIpc) is 2.75. The number of hydrogen-bond donors (Lipinski definition) is 1. The molecule has 0 amide bonds. The molecule has 0 unspecified atom stereocenters. The van der Waals surface area contributed by atoms with Gasteiger partial charge < -0.3 is 24.4 Å². The zero-order valence-corrected chi connectivity index (χ0v) is 20.7. The van der Waals surface area contributed by atoms with E-state index >= 15 is 0 Å². The van der Waals surface area contributed by atoms with Gasteiger partial charge in [0.25, 0.3) is 0 Å². The molecular formula is C23H34IN3O3. The van der Waals surface area contributed by atoms with Gasteiger partial charge in [0, 0.05) is 39.4 Å². The van der Waals surface area contributed by atoms with Gasteiger partial charge in [0.1, 0.15) is 5.75 Å². The van der Waals surface area contributed by atoms with Gasteiger partial charge in [0.15, 0.2) is 5.96 Å². The maximum Gasteiger partial charge on any atom is 0.193 e. The second kappa shape index (κ2) is 15.0. The van der Waals surface area contributed by atoms with Gasteiger partial charge in [-0.05, 0) is 24.1 Å². The Morgan fingerprint density at radius 2 is 1.77 bits per heavy atom. The van der Waals surface area contributed by atoms with Crippen LogP contribution in [-0.2, 0) is 29.2 Å². The molecule has 30 heavy (non-hydrogen) atoms. The lowest BCUT2D eigenvalue weighted by Gasteiger charge is -2.23. The highest BCUT2D eigenvalue weighted by Crippen LogP contribution is 2.18. The molecule has 0 radical (unpaired) electrons. The molecule has 0 spiro atoms. The molecule has 0 saturated heterocycles. The summed E-state index contributed by atoms with van der Waals surface area (Å²) < 4.78 is 16.4. The molecule has 0 fully saturated rings. The van der Waals surface area contributed by atoms with Crippen molar-refractivity contribution in [1.82, 2.24) is 10.2 Å². The Balaban J connectivity index is 0.00000450. The Hall–Kier alpha value is -1.84. The number of guanidine groups is 1. The fraction of sp³-hybridized carbons (Fsp3) is 0.435. The molecule has 0 aliphatic rings. The molecule has 0 heterocycles. The van der Waals surface area contributed by atoms with Gasteiger partial charge in [-0.25, -0.2) is 0 Å². The van der Waals surface area contributed by atoms with E-state index in [-0.39, 0.29) is 24.0 Å². The smallest absolute Gasteiger partial charge is 0.193 e. The number of benzene rings is 2. The number of methoxy groups -OCH3 is 1. The average molecular weight is 527 g/mol. The molecule has 0 bridgehead atoms. The first-order valence-electron chi connectivity index (χ1n) is 9.94. The summed E-state index contributed by atoms with van der Waals surface area (Å²) in [5.74, 6) is 1.71. The van der Waals surface area contributed by atoms with Gasteiger partial charge in [0.05, 0.1) is 26.9 Å². The number of halogens is 1.